The lowest BCUT2D eigenvalue weighted by Gasteiger charge is -2.11. The van der Waals surface area contributed by atoms with Gasteiger partial charge < -0.3 is 5.73 Å². The van der Waals surface area contributed by atoms with Crippen molar-refractivity contribution in [1.82, 2.24) is 14.1 Å². The molecule has 0 radical (unpaired) electrons. The average molecular weight is 417 g/mol. The molecule has 9 heteroatoms. The summed E-state index contributed by atoms with van der Waals surface area (Å²) in [7, 11) is -0.434. The van der Waals surface area contributed by atoms with E-state index in [2.05, 4.69) is 5.10 Å². The topological polar surface area (TPSA) is 81.2 Å². The number of allylic oxidation sites excluding steroid dienone is 1. The Morgan fingerprint density at radius 2 is 1.85 bits per heavy atom. The minimum absolute atomic E-state index is 0. The molecule has 0 unspecified atom stereocenters. The Morgan fingerprint density at radius 3 is 2.37 bits per heavy atom. The summed E-state index contributed by atoms with van der Waals surface area (Å²) in [5.74, 6) is -0.317. The predicted molar refractivity (Wildman–Crippen MR) is 107 cm³/mol. The number of hydrogen-bond donors (Lipinski definition) is 1. The highest BCUT2D eigenvalue weighted by atomic mass is 35.5. The van der Waals surface area contributed by atoms with Gasteiger partial charge in [-0.2, -0.15) is 5.10 Å². The smallest absolute Gasteiger partial charge is 0.242 e. The molecule has 150 valence electrons. The molecule has 27 heavy (non-hydrogen) atoms. The molecule has 2 aromatic rings. The Hall–Kier alpha value is -1.74. The highest BCUT2D eigenvalue weighted by molar-refractivity contribution is 7.89. The summed E-state index contributed by atoms with van der Waals surface area (Å²) in [5.41, 5.74) is 9.01. The van der Waals surface area contributed by atoms with Crippen LogP contribution < -0.4 is 5.73 Å². The maximum absolute atomic E-state index is 13.7. The van der Waals surface area contributed by atoms with Crippen molar-refractivity contribution >= 4 is 22.4 Å². The molecule has 2 rings (SSSR count). The molecule has 1 aromatic carbocycles. The van der Waals surface area contributed by atoms with Gasteiger partial charge in [0.1, 0.15) is 5.83 Å². The van der Waals surface area contributed by atoms with Crippen LogP contribution >= 0.6 is 12.4 Å². The van der Waals surface area contributed by atoms with Crippen LogP contribution in [-0.2, 0) is 23.0 Å². The van der Waals surface area contributed by atoms with E-state index in [1.54, 1.807) is 28.9 Å². The van der Waals surface area contributed by atoms with E-state index < -0.39 is 10.0 Å². The lowest BCUT2D eigenvalue weighted by molar-refractivity contribution is 0.517. The van der Waals surface area contributed by atoms with Gasteiger partial charge in [-0.25, -0.2) is 17.1 Å². The van der Waals surface area contributed by atoms with Crippen molar-refractivity contribution in [1.29, 1.82) is 0 Å². The molecule has 1 heterocycles. The van der Waals surface area contributed by atoms with E-state index in [0.717, 1.165) is 22.5 Å². The number of hydrogen-bond acceptors (Lipinski definition) is 4. The largest absolute Gasteiger partial charge is 0.327 e. The van der Waals surface area contributed by atoms with E-state index in [9.17, 15) is 12.8 Å². The zero-order valence-corrected chi connectivity index (χ0v) is 17.6. The molecular formula is C18H26ClFN4O2S. The number of halogens is 2. The van der Waals surface area contributed by atoms with E-state index in [0.29, 0.717) is 6.42 Å². The molecule has 0 saturated carbocycles. The lowest BCUT2D eigenvalue weighted by Crippen LogP contribution is -2.22. The first-order chi connectivity index (χ1) is 12.2. The summed E-state index contributed by atoms with van der Waals surface area (Å²) >= 11 is 0. The van der Waals surface area contributed by atoms with Gasteiger partial charge in [-0.05, 0) is 37.6 Å². The van der Waals surface area contributed by atoms with Crippen LogP contribution in [0.3, 0.4) is 0 Å². The number of rotatable bonds is 7. The first-order valence-electron chi connectivity index (χ1n) is 8.25. The Labute approximate surface area is 166 Å². The summed E-state index contributed by atoms with van der Waals surface area (Å²) in [6.07, 6.45) is 1.93. The Kier molecular flexibility index (Phi) is 8.16. The average Bonchev–Trinajstić information content (AvgIpc) is 2.83. The molecule has 0 fully saturated rings. The summed E-state index contributed by atoms with van der Waals surface area (Å²) in [6, 6.07) is 6.79. The second-order valence-electron chi connectivity index (χ2n) is 6.30. The van der Waals surface area contributed by atoms with E-state index in [4.69, 9.17) is 5.73 Å². The molecule has 0 amide bonds. The molecule has 0 bridgehead atoms. The van der Waals surface area contributed by atoms with Gasteiger partial charge in [-0.3, -0.25) is 4.68 Å². The fourth-order valence-corrected chi connectivity index (χ4v) is 3.58. The number of sulfonamides is 1. The minimum atomic E-state index is -3.44. The number of nitrogens with zero attached hydrogens (tertiary/aromatic N) is 3. The van der Waals surface area contributed by atoms with Crippen LogP contribution in [0.1, 0.15) is 22.5 Å². The van der Waals surface area contributed by atoms with Crippen LogP contribution in [0.4, 0.5) is 4.39 Å². The molecule has 2 N–H and O–H groups in total. The lowest BCUT2D eigenvalue weighted by atomic mass is 10.0. The van der Waals surface area contributed by atoms with Crippen LogP contribution in [0.25, 0.3) is 0 Å². The Bertz CT molecular complexity index is 906. The summed E-state index contributed by atoms with van der Waals surface area (Å²) in [6.45, 7) is 3.99. The van der Waals surface area contributed by atoms with Crippen molar-refractivity contribution in [2.45, 2.75) is 31.7 Å². The third kappa shape index (κ3) is 5.38. The zero-order chi connectivity index (χ0) is 19.5. The van der Waals surface area contributed by atoms with E-state index >= 15 is 0 Å². The van der Waals surface area contributed by atoms with E-state index in [-0.39, 0.29) is 36.2 Å². The molecule has 0 aliphatic rings. The maximum Gasteiger partial charge on any atom is 0.242 e. The van der Waals surface area contributed by atoms with Crippen molar-refractivity contribution in [3.05, 3.63) is 58.7 Å². The predicted octanol–water partition coefficient (Wildman–Crippen LogP) is 2.57. The molecule has 0 aliphatic heterocycles. The fraction of sp³-hybridized carbons (Fsp3) is 0.389. The fourth-order valence-electron chi connectivity index (χ4n) is 2.67. The van der Waals surface area contributed by atoms with Gasteiger partial charge in [0.15, 0.2) is 0 Å². The van der Waals surface area contributed by atoms with Crippen molar-refractivity contribution in [2.75, 3.05) is 20.6 Å². The van der Waals surface area contributed by atoms with Crippen LogP contribution in [0.5, 0.6) is 0 Å². The number of nitrogens with two attached hydrogens (primary N) is 1. The van der Waals surface area contributed by atoms with Crippen molar-refractivity contribution in [3.63, 3.8) is 0 Å². The molecule has 0 atom stereocenters. The first-order valence-corrected chi connectivity index (χ1v) is 9.69. The number of benzene rings is 1. The number of aryl methyl sites for hydroxylation is 1. The number of aromatic nitrogens is 2. The quantitative estimate of drug-likeness (QED) is 0.752. The standard InChI is InChI=1S/C18H25FN4O2S.ClH/c1-13-18(14(2)23(21-13)12-16(19)9-10-20)11-15-5-7-17(8-6-15)26(24,25)22(3)4;/h5-9H,10-12,20H2,1-4H3;1H/b16-9-;. The van der Waals surface area contributed by atoms with Gasteiger partial charge in [-0.1, -0.05) is 12.1 Å². The molecule has 6 nitrogen and oxygen atoms in total. The normalized spacial score (nSPS) is 12.3. The van der Waals surface area contributed by atoms with Gasteiger partial charge in [0.2, 0.25) is 10.0 Å². The maximum atomic E-state index is 13.7. The van der Waals surface area contributed by atoms with Crippen molar-refractivity contribution in [3.8, 4) is 0 Å². The second-order valence-corrected chi connectivity index (χ2v) is 8.45. The molecule has 0 spiro atoms. The first kappa shape index (κ1) is 23.3. The van der Waals surface area contributed by atoms with Gasteiger partial charge in [0.05, 0.1) is 17.1 Å². The van der Waals surface area contributed by atoms with Crippen molar-refractivity contribution in [2.24, 2.45) is 5.73 Å². The molecule has 0 aliphatic carbocycles. The van der Waals surface area contributed by atoms with E-state index in [1.807, 2.05) is 13.8 Å². The van der Waals surface area contributed by atoms with Crippen LogP contribution in [0, 0.1) is 13.8 Å². The van der Waals surface area contributed by atoms with E-state index in [1.165, 1.54) is 24.5 Å². The second kappa shape index (κ2) is 9.45. The van der Waals surface area contributed by atoms with Gasteiger partial charge >= 0.3 is 0 Å². The van der Waals surface area contributed by atoms with Gasteiger partial charge in [0.25, 0.3) is 0 Å². The van der Waals surface area contributed by atoms with Gasteiger partial charge in [0, 0.05) is 38.3 Å². The molecular weight excluding hydrogens is 391 g/mol. The Balaban J connectivity index is 0.00000364. The highest BCUT2D eigenvalue weighted by Crippen LogP contribution is 2.21. The monoisotopic (exact) mass is 416 g/mol. The van der Waals surface area contributed by atoms with Gasteiger partial charge in [-0.15, -0.1) is 12.4 Å². The van der Waals surface area contributed by atoms with Crippen LogP contribution in [-0.4, -0.2) is 43.1 Å². The minimum Gasteiger partial charge on any atom is -0.327 e. The summed E-state index contributed by atoms with van der Waals surface area (Å²) < 4.78 is 40.8. The van der Waals surface area contributed by atoms with Crippen molar-refractivity contribution < 1.29 is 12.8 Å². The van der Waals surface area contributed by atoms with Crippen LogP contribution in [0.15, 0.2) is 41.1 Å². The third-order valence-corrected chi connectivity index (χ3v) is 6.08. The Morgan fingerprint density at radius 1 is 1.26 bits per heavy atom. The SMILES string of the molecule is Cc1nn(C/C(F)=C/CN)c(C)c1Cc1ccc(S(=O)(=O)N(C)C)cc1.Cl. The summed E-state index contributed by atoms with van der Waals surface area (Å²) in [5, 5.41) is 4.40. The van der Waals surface area contributed by atoms with Crippen LogP contribution in [0.2, 0.25) is 0 Å². The summed E-state index contributed by atoms with van der Waals surface area (Å²) in [4.78, 5) is 0.254. The molecule has 1 aromatic heterocycles. The highest BCUT2D eigenvalue weighted by Gasteiger charge is 2.17. The zero-order valence-electron chi connectivity index (χ0n) is 15.9. The molecule has 0 saturated heterocycles. The third-order valence-electron chi connectivity index (χ3n) is 4.25.